The first kappa shape index (κ1) is 20.7. The number of aryl methyl sites for hydroxylation is 2. The highest BCUT2D eigenvalue weighted by Crippen LogP contribution is 2.29. The zero-order valence-corrected chi connectivity index (χ0v) is 17.3. The van der Waals surface area contributed by atoms with Gasteiger partial charge in [-0.15, -0.1) is 11.8 Å². The minimum atomic E-state index is -0.418. The largest absolute Gasteiger partial charge is 0.462 e. The third-order valence-corrected chi connectivity index (χ3v) is 5.42. The van der Waals surface area contributed by atoms with E-state index in [4.69, 9.17) is 9.26 Å². The van der Waals surface area contributed by atoms with Crippen LogP contribution in [0.3, 0.4) is 0 Å². The fraction of sp³-hybridized carbons (Fsp3) is 0.227. The minimum Gasteiger partial charge on any atom is -0.462 e. The van der Waals surface area contributed by atoms with Gasteiger partial charge in [0.15, 0.2) is 0 Å². The summed E-state index contributed by atoms with van der Waals surface area (Å²) in [6.07, 6.45) is 0. The van der Waals surface area contributed by atoms with Gasteiger partial charge in [-0.1, -0.05) is 23.4 Å². The van der Waals surface area contributed by atoms with Crippen LogP contribution in [0.5, 0.6) is 0 Å². The summed E-state index contributed by atoms with van der Waals surface area (Å²) >= 11 is 1.55. The van der Waals surface area contributed by atoms with Crippen LogP contribution in [-0.2, 0) is 10.5 Å². The van der Waals surface area contributed by atoms with E-state index in [2.05, 4.69) is 10.5 Å². The van der Waals surface area contributed by atoms with E-state index in [1.807, 2.05) is 32.0 Å². The fourth-order valence-corrected chi connectivity index (χ4v) is 3.98. The number of ether oxygens (including phenoxy) is 1. The zero-order chi connectivity index (χ0) is 20.8. The third-order valence-electron chi connectivity index (χ3n) is 4.32. The second-order valence-corrected chi connectivity index (χ2v) is 7.36. The lowest BCUT2D eigenvalue weighted by atomic mass is 10.1. The Hall–Kier alpha value is -3.06. The van der Waals surface area contributed by atoms with E-state index in [9.17, 15) is 9.59 Å². The van der Waals surface area contributed by atoms with E-state index in [0.29, 0.717) is 29.2 Å². The van der Waals surface area contributed by atoms with E-state index in [1.54, 1.807) is 49.0 Å². The van der Waals surface area contributed by atoms with Crippen molar-refractivity contribution in [3.8, 4) is 0 Å². The lowest BCUT2D eigenvalue weighted by Gasteiger charge is -2.11. The molecule has 0 fully saturated rings. The van der Waals surface area contributed by atoms with Crippen molar-refractivity contribution in [2.45, 2.75) is 31.4 Å². The molecule has 7 heteroatoms. The highest BCUT2D eigenvalue weighted by molar-refractivity contribution is 7.98. The van der Waals surface area contributed by atoms with Gasteiger partial charge in [-0.25, -0.2) is 4.79 Å². The predicted octanol–water partition coefficient (Wildman–Crippen LogP) is 5.01. The lowest BCUT2D eigenvalue weighted by molar-refractivity contribution is 0.0526. The van der Waals surface area contributed by atoms with Crippen molar-refractivity contribution in [3.63, 3.8) is 0 Å². The summed E-state index contributed by atoms with van der Waals surface area (Å²) < 4.78 is 10.2. The molecule has 1 N–H and O–H groups in total. The molecule has 1 aromatic heterocycles. The van der Waals surface area contributed by atoms with Crippen molar-refractivity contribution < 1.29 is 18.8 Å². The molecule has 0 aliphatic heterocycles. The number of hydrogen-bond donors (Lipinski definition) is 1. The van der Waals surface area contributed by atoms with E-state index >= 15 is 0 Å². The second-order valence-electron chi connectivity index (χ2n) is 6.34. The summed E-state index contributed by atoms with van der Waals surface area (Å²) in [6, 6.07) is 14.1. The Balaban J connectivity index is 1.75. The number of thioether (sulfide) groups is 1. The number of benzene rings is 2. The van der Waals surface area contributed by atoms with Gasteiger partial charge in [-0.2, -0.15) is 0 Å². The van der Waals surface area contributed by atoms with Crippen LogP contribution in [0, 0.1) is 13.8 Å². The summed E-state index contributed by atoms with van der Waals surface area (Å²) in [7, 11) is 0. The first-order valence-electron chi connectivity index (χ1n) is 9.21. The van der Waals surface area contributed by atoms with E-state index in [-0.39, 0.29) is 5.91 Å². The zero-order valence-electron chi connectivity index (χ0n) is 16.5. The SMILES string of the molecule is CCOC(=O)c1cccc(NC(=O)c2ccccc2SCc2c(C)noc2C)c1. The average Bonchev–Trinajstić information content (AvgIpc) is 3.04. The number of nitrogens with one attached hydrogen (secondary N) is 1. The van der Waals surface area contributed by atoms with E-state index in [0.717, 1.165) is 21.9 Å². The van der Waals surface area contributed by atoms with Gasteiger partial charge in [0.2, 0.25) is 0 Å². The molecule has 0 bridgehead atoms. The summed E-state index contributed by atoms with van der Waals surface area (Å²) in [6.45, 7) is 5.83. The molecule has 150 valence electrons. The van der Waals surface area contributed by atoms with Crippen molar-refractivity contribution in [1.82, 2.24) is 5.16 Å². The lowest BCUT2D eigenvalue weighted by Crippen LogP contribution is -2.14. The van der Waals surface area contributed by atoms with Gasteiger partial charge >= 0.3 is 5.97 Å². The van der Waals surface area contributed by atoms with Crippen LogP contribution < -0.4 is 5.32 Å². The fourth-order valence-electron chi connectivity index (χ4n) is 2.77. The molecule has 0 aliphatic carbocycles. The molecule has 0 spiro atoms. The normalized spacial score (nSPS) is 10.6. The number of aromatic nitrogens is 1. The van der Waals surface area contributed by atoms with Gasteiger partial charge in [0, 0.05) is 21.9 Å². The second kappa shape index (κ2) is 9.43. The number of esters is 1. The first-order valence-corrected chi connectivity index (χ1v) is 10.2. The van der Waals surface area contributed by atoms with E-state index in [1.165, 1.54) is 0 Å². The number of carbonyl (C=O) groups is 2. The monoisotopic (exact) mass is 410 g/mol. The van der Waals surface area contributed by atoms with Crippen LogP contribution in [0.15, 0.2) is 57.9 Å². The standard InChI is InChI=1S/C22H22N2O4S/c1-4-27-22(26)16-8-7-9-17(12-16)23-21(25)18-10-5-6-11-20(18)29-13-19-14(2)24-28-15(19)3/h5-12H,4,13H2,1-3H3,(H,23,25). The Labute approximate surface area is 173 Å². The van der Waals surface area contributed by atoms with Crippen LogP contribution in [0.2, 0.25) is 0 Å². The number of anilines is 1. The molecule has 1 amide bonds. The highest BCUT2D eigenvalue weighted by atomic mass is 32.2. The molecule has 29 heavy (non-hydrogen) atoms. The van der Waals surface area contributed by atoms with E-state index < -0.39 is 5.97 Å². The van der Waals surface area contributed by atoms with Gasteiger partial charge < -0.3 is 14.6 Å². The summed E-state index contributed by atoms with van der Waals surface area (Å²) in [5, 5.41) is 6.83. The maximum atomic E-state index is 12.9. The number of nitrogens with zero attached hydrogens (tertiary/aromatic N) is 1. The number of hydrogen-bond acceptors (Lipinski definition) is 6. The quantitative estimate of drug-likeness (QED) is 0.435. The molecule has 0 saturated heterocycles. The molecule has 3 aromatic rings. The van der Waals surface area contributed by atoms with Gasteiger partial charge in [0.25, 0.3) is 5.91 Å². The average molecular weight is 410 g/mol. The van der Waals surface area contributed by atoms with Crippen molar-refractivity contribution in [3.05, 3.63) is 76.7 Å². The minimum absolute atomic E-state index is 0.243. The molecule has 0 unspecified atom stereocenters. The van der Waals surface area contributed by atoms with Crippen LogP contribution in [0.1, 0.15) is 44.7 Å². The van der Waals surface area contributed by atoms with Crippen molar-refractivity contribution in [2.24, 2.45) is 0 Å². The summed E-state index contributed by atoms with van der Waals surface area (Å²) in [5.41, 5.74) is 3.38. The van der Waals surface area contributed by atoms with Crippen LogP contribution in [0.4, 0.5) is 5.69 Å². The number of amides is 1. The van der Waals surface area contributed by atoms with Crippen molar-refractivity contribution in [1.29, 1.82) is 0 Å². The molecule has 3 rings (SSSR count). The third kappa shape index (κ3) is 5.06. The Morgan fingerprint density at radius 1 is 1.14 bits per heavy atom. The molecule has 0 saturated carbocycles. The topological polar surface area (TPSA) is 81.4 Å². The predicted molar refractivity (Wildman–Crippen MR) is 112 cm³/mol. The molecular formula is C22H22N2O4S. The number of rotatable bonds is 7. The molecule has 0 atom stereocenters. The summed E-state index contributed by atoms with van der Waals surface area (Å²) in [4.78, 5) is 25.6. The molecular weight excluding hydrogens is 388 g/mol. The van der Waals surface area contributed by atoms with Crippen molar-refractivity contribution in [2.75, 3.05) is 11.9 Å². The Morgan fingerprint density at radius 2 is 1.93 bits per heavy atom. The molecule has 6 nitrogen and oxygen atoms in total. The van der Waals surface area contributed by atoms with Crippen molar-refractivity contribution >= 4 is 29.3 Å². The van der Waals surface area contributed by atoms with Crippen LogP contribution in [-0.4, -0.2) is 23.6 Å². The van der Waals surface area contributed by atoms with Gasteiger partial charge in [-0.05, 0) is 51.1 Å². The Bertz CT molecular complexity index is 1010. The maximum absolute atomic E-state index is 12.9. The van der Waals surface area contributed by atoms with Crippen LogP contribution in [0.25, 0.3) is 0 Å². The molecule has 0 radical (unpaired) electrons. The highest BCUT2D eigenvalue weighted by Gasteiger charge is 2.15. The first-order chi connectivity index (χ1) is 14.0. The van der Waals surface area contributed by atoms with Crippen LogP contribution >= 0.6 is 11.8 Å². The number of carbonyl (C=O) groups excluding carboxylic acids is 2. The molecule has 0 aliphatic rings. The summed E-state index contributed by atoms with van der Waals surface area (Å²) in [5.74, 6) is 0.781. The maximum Gasteiger partial charge on any atom is 0.338 e. The van der Waals surface area contributed by atoms with Gasteiger partial charge in [-0.3, -0.25) is 4.79 Å². The smallest absolute Gasteiger partial charge is 0.338 e. The van der Waals surface area contributed by atoms with Gasteiger partial charge in [0.1, 0.15) is 5.76 Å². The Morgan fingerprint density at radius 3 is 2.66 bits per heavy atom. The molecule has 2 aromatic carbocycles. The Kier molecular flexibility index (Phi) is 6.72. The molecule has 1 heterocycles. The van der Waals surface area contributed by atoms with Gasteiger partial charge in [0.05, 0.1) is 23.4 Å².